The molecule has 0 heterocycles. The molecule has 0 saturated heterocycles. The molecule has 54 valence electrons. The minimum atomic E-state index is 0.871. The normalized spacial score (nSPS) is 12.8. The van der Waals surface area contributed by atoms with Gasteiger partial charge in [0.25, 0.3) is 0 Å². The molecule has 0 spiro atoms. The van der Waals surface area contributed by atoms with Crippen LogP contribution in [-0.2, 0) is 0 Å². The fraction of sp³-hybridized carbons (Fsp3) is 0.714. The van der Waals surface area contributed by atoms with Gasteiger partial charge in [-0.2, -0.15) is 0 Å². The van der Waals surface area contributed by atoms with E-state index in [1.54, 1.807) is 0 Å². The fourth-order valence-corrected chi connectivity index (χ4v) is 0.480. The second-order valence-electron chi connectivity index (χ2n) is 2.15. The van der Waals surface area contributed by atoms with Gasteiger partial charge in [-0.1, -0.05) is 24.6 Å². The van der Waals surface area contributed by atoms with Gasteiger partial charge in [-0.25, -0.2) is 0 Å². The van der Waals surface area contributed by atoms with Crippen molar-refractivity contribution in [1.29, 1.82) is 0 Å². The molecule has 0 aromatic rings. The Kier molecular flexibility index (Phi) is 4.83. The third-order valence-corrected chi connectivity index (χ3v) is 1.38. The van der Waals surface area contributed by atoms with Gasteiger partial charge in [0, 0.05) is 11.6 Å². The van der Waals surface area contributed by atoms with Gasteiger partial charge in [0.15, 0.2) is 0 Å². The third kappa shape index (κ3) is 5.87. The molecular formula is C7H14ClN. The van der Waals surface area contributed by atoms with Crippen molar-refractivity contribution in [2.24, 2.45) is 0 Å². The highest BCUT2D eigenvalue weighted by Crippen LogP contribution is 1.97. The van der Waals surface area contributed by atoms with E-state index >= 15 is 0 Å². The van der Waals surface area contributed by atoms with Crippen molar-refractivity contribution in [3.8, 4) is 0 Å². The highest BCUT2D eigenvalue weighted by atomic mass is 35.5. The van der Waals surface area contributed by atoms with Crippen LogP contribution in [0, 0.1) is 0 Å². The average molecular weight is 148 g/mol. The molecule has 0 amide bonds. The number of allylic oxidation sites excluding steroid dienone is 1. The van der Waals surface area contributed by atoms with E-state index in [1.165, 1.54) is 0 Å². The van der Waals surface area contributed by atoms with Crippen molar-refractivity contribution in [2.75, 3.05) is 20.1 Å². The summed E-state index contributed by atoms with van der Waals surface area (Å²) in [6, 6.07) is 0. The monoisotopic (exact) mass is 147 g/mol. The Balaban J connectivity index is 3.37. The van der Waals surface area contributed by atoms with Crippen LogP contribution in [0.1, 0.15) is 13.8 Å². The lowest BCUT2D eigenvalue weighted by Crippen LogP contribution is -2.17. The fourth-order valence-electron chi connectivity index (χ4n) is 0.411. The SMILES string of the molecule is CCN(C)CC=C(C)Cl. The van der Waals surface area contributed by atoms with E-state index in [2.05, 4.69) is 18.9 Å². The maximum atomic E-state index is 5.61. The van der Waals surface area contributed by atoms with E-state index in [0.717, 1.165) is 18.1 Å². The van der Waals surface area contributed by atoms with E-state index < -0.39 is 0 Å². The van der Waals surface area contributed by atoms with Crippen LogP contribution < -0.4 is 0 Å². The summed E-state index contributed by atoms with van der Waals surface area (Å²) in [4.78, 5) is 2.19. The Morgan fingerprint density at radius 3 is 2.56 bits per heavy atom. The van der Waals surface area contributed by atoms with Gasteiger partial charge in [-0.3, -0.25) is 0 Å². The van der Waals surface area contributed by atoms with Crippen molar-refractivity contribution in [1.82, 2.24) is 4.90 Å². The van der Waals surface area contributed by atoms with Crippen molar-refractivity contribution in [3.63, 3.8) is 0 Å². The summed E-state index contributed by atoms with van der Waals surface area (Å²) in [5.74, 6) is 0. The van der Waals surface area contributed by atoms with Gasteiger partial charge in [0.05, 0.1) is 0 Å². The molecule has 0 aliphatic carbocycles. The van der Waals surface area contributed by atoms with Crippen LogP contribution in [0.15, 0.2) is 11.1 Å². The number of halogens is 1. The Hall–Kier alpha value is -0.0100. The zero-order chi connectivity index (χ0) is 7.28. The molecular weight excluding hydrogens is 134 g/mol. The first kappa shape index (κ1) is 8.99. The molecule has 0 saturated carbocycles. The maximum absolute atomic E-state index is 5.61. The summed E-state index contributed by atoms with van der Waals surface area (Å²) in [7, 11) is 2.07. The number of rotatable bonds is 3. The summed E-state index contributed by atoms with van der Waals surface area (Å²) in [5.41, 5.74) is 0. The molecule has 0 unspecified atom stereocenters. The second-order valence-corrected chi connectivity index (χ2v) is 2.74. The van der Waals surface area contributed by atoms with Gasteiger partial charge in [-0.05, 0) is 20.5 Å². The average Bonchev–Trinajstić information content (AvgIpc) is 1.83. The van der Waals surface area contributed by atoms with Crippen LogP contribution in [0.3, 0.4) is 0 Å². The molecule has 0 bridgehead atoms. The first-order valence-corrected chi connectivity index (χ1v) is 3.55. The number of hydrogen-bond donors (Lipinski definition) is 0. The molecule has 9 heavy (non-hydrogen) atoms. The number of hydrogen-bond acceptors (Lipinski definition) is 1. The predicted molar refractivity (Wildman–Crippen MR) is 42.8 cm³/mol. The number of nitrogens with zero attached hydrogens (tertiary/aromatic N) is 1. The van der Waals surface area contributed by atoms with E-state index in [9.17, 15) is 0 Å². The zero-order valence-electron chi connectivity index (χ0n) is 6.32. The molecule has 0 aliphatic heterocycles. The first-order chi connectivity index (χ1) is 4.16. The lowest BCUT2D eigenvalue weighted by Gasteiger charge is -2.09. The predicted octanol–water partition coefficient (Wildman–Crippen LogP) is 2.08. The van der Waals surface area contributed by atoms with Crippen molar-refractivity contribution < 1.29 is 0 Å². The summed E-state index contributed by atoms with van der Waals surface area (Å²) in [6.07, 6.45) is 2.01. The molecule has 0 fully saturated rings. The Bertz CT molecular complexity index is 95.1. The summed E-state index contributed by atoms with van der Waals surface area (Å²) >= 11 is 5.61. The molecule has 0 N–H and O–H groups in total. The summed E-state index contributed by atoms with van der Waals surface area (Å²) < 4.78 is 0. The van der Waals surface area contributed by atoms with Crippen LogP contribution >= 0.6 is 11.6 Å². The number of likely N-dealkylation sites (N-methyl/N-ethyl adjacent to an activating group) is 1. The Morgan fingerprint density at radius 2 is 2.22 bits per heavy atom. The Labute approximate surface area is 62.3 Å². The largest absolute Gasteiger partial charge is 0.303 e. The molecule has 0 aromatic carbocycles. The molecule has 1 nitrogen and oxygen atoms in total. The quantitative estimate of drug-likeness (QED) is 0.591. The minimum absolute atomic E-state index is 0.871. The summed E-state index contributed by atoms with van der Waals surface area (Å²) in [5, 5.41) is 0.871. The van der Waals surface area contributed by atoms with Gasteiger partial charge in [-0.15, -0.1) is 0 Å². The van der Waals surface area contributed by atoms with Crippen LogP contribution in [0.4, 0.5) is 0 Å². The van der Waals surface area contributed by atoms with E-state index in [4.69, 9.17) is 11.6 Å². The highest BCUT2D eigenvalue weighted by Gasteiger charge is 1.88. The Morgan fingerprint density at radius 1 is 1.67 bits per heavy atom. The second kappa shape index (κ2) is 4.83. The first-order valence-electron chi connectivity index (χ1n) is 3.17. The lowest BCUT2D eigenvalue weighted by atomic mass is 10.5. The van der Waals surface area contributed by atoms with Crippen LogP contribution in [0.5, 0.6) is 0 Å². The van der Waals surface area contributed by atoms with Crippen molar-refractivity contribution in [2.45, 2.75) is 13.8 Å². The molecule has 0 aliphatic rings. The zero-order valence-corrected chi connectivity index (χ0v) is 7.07. The van der Waals surface area contributed by atoms with E-state index in [0.29, 0.717) is 0 Å². The van der Waals surface area contributed by atoms with Crippen LogP contribution in [0.2, 0.25) is 0 Å². The van der Waals surface area contributed by atoms with Gasteiger partial charge in [0.1, 0.15) is 0 Å². The van der Waals surface area contributed by atoms with Crippen LogP contribution in [-0.4, -0.2) is 25.0 Å². The highest BCUT2D eigenvalue weighted by molar-refractivity contribution is 6.29. The molecule has 0 radical (unpaired) electrons. The molecule has 0 aromatic heterocycles. The van der Waals surface area contributed by atoms with E-state index in [1.807, 2.05) is 13.0 Å². The minimum Gasteiger partial charge on any atom is -0.303 e. The standard InChI is InChI=1S/C7H14ClN/c1-4-9(3)6-5-7(2)8/h5H,4,6H2,1-3H3. The van der Waals surface area contributed by atoms with Gasteiger partial charge >= 0.3 is 0 Å². The topological polar surface area (TPSA) is 3.24 Å². The van der Waals surface area contributed by atoms with Gasteiger partial charge < -0.3 is 4.90 Å². The smallest absolute Gasteiger partial charge is 0.0174 e. The van der Waals surface area contributed by atoms with Crippen LogP contribution in [0.25, 0.3) is 0 Å². The maximum Gasteiger partial charge on any atom is 0.0174 e. The third-order valence-electron chi connectivity index (χ3n) is 1.22. The molecule has 0 rings (SSSR count). The van der Waals surface area contributed by atoms with Gasteiger partial charge in [0.2, 0.25) is 0 Å². The van der Waals surface area contributed by atoms with Crippen molar-refractivity contribution in [3.05, 3.63) is 11.1 Å². The lowest BCUT2D eigenvalue weighted by molar-refractivity contribution is 0.392. The molecule has 0 atom stereocenters. The van der Waals surface area contributed by atoms with E-state index in [-0.39, 0.29) is 0 Å². The summed E-state index contributed by atoms with van der Waals surface area (Å²) in [6.45, 7) is 6.04. The molecule has 2 heteroatoms. The van der Waals surface area contributed by atoms with Crippen molar-refractivity contribution >= 4 is 11.6 Å².